The number of thioether (sulfide) groups is 1. The average Bonchev–Trinajstić information content (AvgIpc) is 2.38. The van der Waals surface area contributed by atoms with Crippen molar-refractivity contribution in [2.75, 3.05) is 44.2 Å². The van der Waals surface area contributed by atoms with Crippen LogP contribution >= 0.6 is 11.8 Å². The fourth-order valence-electron chi connectivity index (χ4n) is 1.85. The maximum Gasteiger partial charge on any atom is 0.144 e. The Hall–Kier alpha value is -0.460. The molecule has 1 rings (SSSR count). The van der Waals surface area contributed by atoms with Crippen molar-refractivity contribution in [2.45, 2.75) is 20.3 Å². The molecular formula is C12H26N4OS. The van der Waals surface area contributed by atoms with Crippen LogP contribution in [0.4, 0.5) is 0 Å². The summed E-state index contributed by atoms with van der Waals surface area (Å²) >= 11 is 2.04. The molecule has 1 aliphatic rings. The van der Waals surface area contributed by atoms with Crippen molar-refractivity contribution < 1.29 is 5.21 Å². The number of hydrogen-bond donors (Lipinski definition) is 3. The number of nitrogens with one attached hydrogen (secondary N) is 1. The molecular weight excluding hydrogens is 248 g/mol. The molecule has 1 aliphatic heterocycles. The molecule has 0 aliphatic carbocycles. The molecule has 0 bridgehead atoms. The molecule has 18 heavy (non-hydrogen) atoms. The van der Waals surface area contributed by atoms with E-state index in [0.29, 0.717) is 5.84 Å². The van der Waals surface area contributed by atoms with Gasteiger partial charge in [0.1, 0.15) is 5.84 Å². The van der Waals surface area contributed by atoms with E-state index >= 15 is 0 Å². The molecule has 1 fully saturated rings. The predicted molar refractivity (Wildman–Crippen MR) is 78.4 cm³/mol. The summed E-state index contributed by atoms with van der Waals surface area (Å²) in [6.07, 6.45) is 0.874. The summed E-state index contributed by atoms with van der Waals surface area (Å²) < 4.78 is 0. The standard InChI is InChI=1S/C12H26N4OS/c1-12(2,11(13)15-17)3-4-14-5-6-16-7-9-18-10-8-16/h14,17H,3-10H2,1-2H3,(H2,13,15). The highest BCUT2D eigenvalue weighted by molar-refractivity contribution is 7.99. The van der Waals surface area contributed by atoms with Gasteiger partial charge in [-0.3, -0.25) is 0 Å². The highest BCUT2D eigenvalue weighted by Crippen LogP contribution is 2.19. The van der Waals surface area contributed by atoms with E-state index in [9.17, 15) is 0 Å². The zero-order valence-electron chi connectivity index (χ0n) is 11.5. The fourth-order valence-corrected chi connectivity index (χ4v) is 2.83. The minimum atomic E-state index is -0.247. The molecule has 0 saturated carbocycles. The van der Waals surface area contributed by atoms with Gasteiger partial charge >= 0.3 is 0 Å². The number of nitrogens with two attached hydrogens (primary N) is 1. The molecule has 1 heterocycles. The summed E-state index contributed by atoms with van der Waals surface area (Å²) in [5.41, 5.74) is 5.40. The van der Waals surface area contributed by atoms with Crippen LogP contribution in [0, 0.1) is 5.41 Å². The number of amidine groups is 1. The number of hydrogen-bond acceptors (Lipinski definition) is 5. The Morgan fingerprint density at radius 3 is 2.67 bits per heavy atom. The first-order chi connectivity index (χ1) is 8.56. The van der Waals surface area contributed by atoms with Gasteiger partial charge in [-0.15, -0.1) is 0 Å². The van der Waals surface area contributed by atoms with E-state index in [1.54, 1.807) is 0 Å². The molecule has 1 saturated heterocycles. The first-order valence-electron chi connectivity index (χ1n) is 6.55. The second-order valence-electron chi connectivity index (χ2n) is 5.32. The average molecular weight is 274 g/mol. The molecule has 6 heteroatoms. The van der Waals surface area contributed by atoms with Gasteiger partial charge in [0.2, 0.25) is 0 Å². The Morgan fingerprint density at radius 1 is 1.39 bits per heavy atom. The van der Waals surface area contributed by atoms with Crippen molar-refractivity contribution in [2.24, 2.45) is 16.3 Å². The Kier molecular flexibility index (Phi) is 6.81. The molecule has 0 radical (unpaired) electrons. The van der Waals surface area contributed by atoms with E-state index in [2.05, 4.69) is 15.4 Å². The van der Waals surface area contributed by atoms with Gasteiger partial charge in [0.05, 0.1) is 0 Å². The lowest BCUT2D eigenvalue weighted by molar-refractivity contribution is 0.295. The molecule has 0 aromatic carbocycles. The Labute approximate surface area is 114 Å². The lowest BCUT2D eigenvalue weighted by Crippen LogP contribution is -2.39. The molecule has 106 valence electrons. The number of rotatable bonds is 7. The van der Waals surface area contributed by atoms with Gasteiger partial charge in [0.15, 0.2) is 0 Å². The summed E-state index contributed by atoms with van der Waals surface area (Å²) in [6.45, 7) is 9.42. The second kappa shape index (κ2) is 7.86. The summed E-state index contributed by atoms with van der Waals surface area (Å²) in [5, 5.41) is 15.2. The summed E-state index contributed by atoms with van der Waals surface area (Å²) in [7, 11) is 0. The molecule has 5 nitrogen and oxygen atoms in total. The van der Waals surface area contributed by atoms with Crippen molar-refractivity contribution in [3.8, 4) is 0 Å². The van der Waals surface area contributed by atoms with Crippen LogP contribution in [0.15, 0.2) is 5.16 Å². The van der Waals surface area contributed by atoms with Crippen LogP contribution in [0.5, 0.6) is 0 Å². The van der Waals surface area contributed by atoms with Crippen LogP contribution < -0.4 is 11.1 Å². The third kappa shape index (κ3) is 5.46. The third-order valence-corrected chi connectivity index (χ3v) is 4.38. The molecule has 0 spiro atoms. The van der Waals surface area contributed by atoms with E-state index < -0.39 is 0 Å². The molecule has 0 aromatic rings. The minimum Gasteiger partial charge on any atom is -0.409 e. The SMILES string of the molecule is CC(C)(CCNCCN1CCSCC1)C(N)=NO. The first kappa shape index (κ1) is 15.6. The van der Waals surface area contributed by atoms with E-state index in [0.717, 1.165) is 26.1 Å². The zero-order valence-corrected chi connectivity index (χ0v) is 12.3. The predicted octanol–water partition coefficient (Wildman–Crippen LogP) is 0.788. The maximum absolute atomic E-state index is 8.68. The number of nitrogens with zero attached hydrogens (tertiary/aromatic N) is 2. The van der Waals surface area contributed by atoms with E-state index in [1.165, 1.54) is 24.6 Å². The third-order valence-electron chi connectivity index (χ3n) is 3.44. The van der Waals surface area contributed by atoms with E-state index in [1.807, 2.05) is 25.6 Å². The quantitative estimate of drug-likeness (QED) is 0.210. The lowest BCUT2D eigenvalue weighted by Gasteiger charge is -2.27. The Balaban J connectivity index is 2.07. The highest BCUT2D eigenvalue weighted by atomic mass is 32.2. The van der Waals surface area contributed by atoms with Gasteiger partial charge in [0.25, 0.3) is 0 Å². The molecule has 0 aromatic heterocycles. The highest BCUT2D eigenvalue weighted by Gasteiger charge is 2.22. The van der Waals surface area contributed by atoms with Crippen molar-refractivity contribution in [3.05, 3.63) is 0 Å². The van der Waals surface area contributed by atoms with Crippen LogP contribution in [-0.2, 0) is 0 Å². The van der Waals surface area contributed by atoms with Gasteiger partial charge < -0.3 is 21.2 Å². The number of oxime groups is 1. The monoisotopic (exact) mass is 274 g/mol. The summed E-state index contributed by atoms with van der Waals surface area (Å²) in [4.78, 5) is 2.50. The minimum absolute atomic E-state index is 0.247. The Morgan fingerprint density at radius 2 is 2.06 bits per heavy atom. The second-order valence-corrected chi connectivity index (χ2v) is 6.55. The van der Waals surface area contributed by atoms with Crippen LogP contribution in [0.3, 0.4) is 0 Å². The molecule has 0 amide bonds. The van der Waals surface area contributed by atoms with Crippen LogP contribution in [0.1, 0.15) is 20.3 Å². The smallest absolute Gasteiger partial charge is 0.144 e. The van der Waals surface area contributed by atoms with Crippen molar-refractivity contribution >= 4 is 17.6 Å². The summed E-state index contributed by atoms with van der Waals surface area (Å²) in [6, 6.07) is 0. The van der Waals surface area contributed by atoms with Gasteiger partial charge in [-0.05, 0) is 13.0 Å². The van der Waals surface area contributed by atoms with Crippen LogP contribution in [0.25, 0.3) is 0 Å². The van der Waals surface area contributed by atoms with Gasteiger partial charge in [0, 0.05) is 43.1 Å². The largest absolute Gasteiger partial charge is 0.409 e. The van der Waals surface area contributed by atoms with Crippen molar-refractivity contribution in [1.82, 2.24) is 10.2 Å². The molecule has 4 N–H and O–H groups in total. The van der Waals surface area contributed by atoms with Gasteiger partial charge in [-0.1, -0.05) is 19.0 Å². The van der Waals surface area contributed by atoms with Crippen LogP contribution in [0.2, 0.25) is 0 Å². The van der Waals surface area contributed by atoms with Crippen LogP contribution in [-0.4, -0.2) is 60.2 Å². The van der Waals surface area contributed by atoms with Crippen molar-refractivity contribution in [1.29, 1.82) is 0 Å². The van der Waals surface area contributed by atoms with Gasteiger partial charge in [-0.2, -0.15) is 11.8 Å². The summed E-state index contributed by atoms with van der Waals surface area (Å²) in [5.74, 6) is 2.82. The first-order valence-corrected chi connectivity index (χ1v) is 7.70. The Bertz CT molecular complexity index is 265. The fraction of sp³-hybridized carbons (Fsp3) is 0.917. The topological polar surface area (TPSA) is 73.9 Å². The maximum atomic E-state index is 8.68. The van der Waals surface area contributed by atoms with Crippen molar-refractivity contribution in [3.63, 3.8) is 0 Å². The normalized spacial score (nSPS) is 19.1. The zero-order chi connectivity index (χ0) is 13.4. The van der Waals surface area contributed by atoms with Gasteiger partial charge in [-0.25, -0.2) is 0 Å². The van der Waals surface area contributed by atoms with E-state index in [4.69, 9.17) is 10.9 Å². The van der Waals surface area contributed by atoms with E-state index in [-0.39, 0.29) is 5.41 Å². The molecule has 0 atom stereocenters. The lowest BCUT2D eigenvalue weighted by atomic mass is 9.88. The molecule has 0 unspecified atom stereocenters.